The molecule has 0 atom stereocenters. The third-order valence-electron chi connectivity index (χ3n) is 2.63. The monoisotopic (exact) mass is 253 g/mol. The van der Waals surface area contributed by atoms with E-state index in [1.54, 1.807) is 23.0 Å². The fourth-order valence-corrected chi connectivity index (χ4v) is 1.70. The summed E-state index contributed by atoms with van der Waals surface area (Å²) in [6.07, 6.45) is 4.64. The van der Waals surface area contributed by atoms with Crippen LogP contribution in [-0.2, 0) is 0 Å². The van der Waals surface area contributed by atoms with Crippen LogP contribution in [0.3, 0.4) is 0 Å². The zero-order chi connectivity index (χ0) is 13.1. The number of benzene rings is 1. The van der Waals surface area contributed by atoms with Gasteiger partial charge in [0.2, 0.25) is 0 Å². The lowest BCUT2D eigenvalue weighted by atomic mass is 10.3. The summed E-state index contributed by atoms with van der Waals surface area (Å²) < 4.78 is 6.56. The molecule has 1 N–H and O–H groups in total. The number of para-hydroxylation sites is 1. The molecule has 0 fully saturated rings. The van der Waals surface area contributed by atoms with Crippen molar-refractivity contribution in [3.8, 4) is 5.69 Å². The molecule has 3 aromatic rings. The van der Waals surface area contributed by atoms with Gasteiger partial charge in [0.25, 0.3) is 5.91 Å². The van der Waals surface area contributed by atoms with Crippen LogP contribution in [0.1, 0.15) is 10.4 Å². The maximum Gasteiger partial charge on any atom is 0.260 e. The van der Waals surface area contributed by atoms with Crippen molar-refractivity contribution in [1.82, 2.24) is 9.78 Å². The molecule has 2 heterocycles. The van der Waals surface area contributed by atoms with E-state index in [2.05, 4.69) is 10.4 Å². The molecule has 0 saturated carbocycles. The average molecular weight is 253 g/mol. The zero-order valence-electron chi connectivity index (χ0n) is 9.98. The molecule has 5 nitrogen and oxygen atoms in total. The predicted octanol–water partition coefficient (Wildman–Crippen LogP) is 2.72. The highest BCUT2D eigenvalue weighted by Crippen LogP contribution is 2.11. The SMILES string of the molecule is O=C(Nc1ccn(-c2ccccc2)n1)c1ccoc1. The minimum Gasteiger partial charge on any atom is -0.472 e. The summed E-state index contributed by atoms with van der Waals surface area (Å²) in [4.78, 5) is 11.8. The van der Waals surface area contributed by atoms with Gasteiger partial charge in [-0.15, -0.1) is 0 Å². The fraction of sp³-hybridized carbons (Fsp3) is 0. The van der Waals surface area contributed by atoms with Crippen molar-refractivity contribution in [3.63, 3.8) is 0 Å². The van der Waals surface area contributed by atoms with Crippen molar-refractivity contribution >= 4 is 11.7 Å². The molecule has 0 aliphatic carbocycles. The fourth-order valence-electron chi connectivity index (χ4n) is 1.70. The van der Waals surface area contributed by atoms with E-state index in [0.717, 1.165) is 5.69 Å². The second-order valence-electron chi connectivity index (χ2n) is 3.95. The summed E-state index contributed by atoms with van der Waals surface area (Å²) >= 11 is 0. The van der Waals surface area contributed by atoms with E-state index in [1.807, 2.05) is 30.3 Å². The Morgan fingerprint density at radius 3 is 2.74 bits per heavy atom. The Labute approximate surface area is 109 Å². The summed E-state index contributed by atoms with van der Waals surface area (Å²) in [5.41, 5.74) is 1.40. The van der Waals surface area contributed by atoms with Crippen LogP contribution in [0.4, 0.5) is 5.82 Å². The number of carbonyl (C=O) groups is 1. The number of nitrogens with zero attached hydrogens (tertiary/aromatic N) is 2. The minimum absolute atomic E-state index is 0.243. The molecule has 0 aliphatic heterocycles. The lowest BCUT2D eigenvalue weighted by Crippen LogP contribution is -2.11. The molecule has 1 aromatic carbocycles. The summed E-state index contributed by atoms with van der Waals surface area (Å²) in [5.74, 6) is 0.252. The van der Waals surface area contributed by atoms with Crippen LogP contribution >= 0.6 is 0 Å². The molecule has 5 heteroatoms. The largest absolute Gasteiger partial charge is 0.472 e. The van der Waals surface area contributed by atoms with Crippen LogP contribution in [0.2, 0.25) is 0 Å². The van der Waals surface area contributed by atoms with Gasteiger partial charge in [-0.3, -0.25) is 4.79 Å². The number of hydrogen-bond donors (Lipinski definition) is 1. The third-order valence-corrected chi connectivity index (χ3v) is 2.63. The Morgan fingerprint density at radius 1 is 1.16 bits per heavy atom. The molecule has 0 bridgehead atoms. The van der Waals surface area contributed by atoms with Gasteiger partial charge in [-0.1, -0.05) is 18.2 Å². The van der Waals surface area contributed by atoms with Crippen LogP contribution < -0.4 is 5.32 Å². The first-order chi connectivity index (χ1) is 9.33. The minimum atomic E-state index is -0.243. The van der Waals surface area contributed by atoms with Crippen LogP contribution in [0.25, 0.3) is 5.69 Å². The lowest BCUT2D eigenvalue weighted by molar-refractivity contribution is 0.102. The second-order valence-corrected chi connectivity index (χ2v) is 3.95. The van der Waals surface area contributed by atoms with E-state index in [9.17, 15) is 4.79 Å². The van der Waals surface area contributed by atoms with Crippen LogP contribution in [0, 0.1) is 0 Å². The average Bonchev–Trinajstić information content (AvgIpc) is 3.11. The lowest BCUT2D eigenvalue weighted by Gasteiger charge is -2.00. The smallest absolute Gasteiger partial charge is 0.260 e. The Morgan fingerprint density at radius 2 is 2.00 bits per heavy atom. The van der Waals surface area contributed by atoms with Crippen LogP contribution in [0.15, 0.2) is 65.6 Å². The quantitative estimate of drug-likeness (QED) is 0.780. The van der Waals surface area contributed by atoms with E-state index in [-0.39, 0.29) is 5.91 Å². The Hall–Kier alpha value is -2.82. The van der Waals surface area contributed by atoms with Gasteiger partial charge in [-0.05, 0) is 18.2 Å². The molecule has 0 spiro atoms. The first kappa shape index (κ1) is 11.3. The molecule has 0 unspecified atom stereocenters. The number of rotatable bonds is 3. The Kier molecular flexibility index (Phi) is 2.86. The highest BCUT2D eigenvalue weighted by Gasteiger charge is 2.09. The number of furan rings is 1. The number of hydrogen-bond acceptors (Lipinski definition) is 3. The molecule has 3 rings (SSSR count). The Balaban J connectivity index is 1.77. The van der Waals surface area contributed by atoms with Crippen molar-refractivity contribution in [3.05, 3.63) is 66.8 Å². The molecule has 1 amide bonds. The normalized spacial score (nSPS) is 10.3. The summed E-state index contributed by atoms with van der Waals surface area (Å²) in [6, 6.07) is 13.0. The molecular weight excluding hydrogens is 242 g/mol. The maximum absolute atomic E-state index is 11.8. The first-order valence-electron chi connectivity index (χ1n) is 5.77. The summed E-state index contributed by atoms with van der Waals surface area (Å²) in [6.45, 7) is 0. The van der Waals surface area contributed by atoms with Gasteiger partial charge < -0.3 is 9.73 Å². The molecular formula is C14H11N3O2. The van der Waals surface area contributed by atoms with Crippen molar-refractivity contribution in [2.24, 2.45) is 0 Å². The zero-order valence-corrected chi connectivity index (χ0v) is 9.98. The molecule has 19 heavy (non-hydrogen) atoms. The topological polar surface area (TPSA) is 60.1 Å². The number of amides is 1. The number of aromatic nitrogens is 2. The van der Waals surface area contributed by atoms with E-state index in [1.165, 1.54) is 12.5 Å². The predicted molar refractivity (Wildman–Crippen MR) is 70.2 cm³/mol. The summed E-state index contributed by atoms with van der Waals surface area (Å²) in [5, 5.41) is 6.99. The Bertz CT molecular complexity index is 672. The number of anilines is 1. The number of carbonyl (C=O) groups excluding carboxylic acids is 1. The molecule has 0 aliphatic rings. The molecule has 0 radical (unpaired) electrons. The van der Waals surface area contributed by atoms with Crippen molar-refractivity contribution in [2.45, 2.75) is 0 Å². The molecule has 0 saturated heterocycles. The standard InChI is InChI=1S/C14H11N3O2/c18-14(11-7-9-19-10-11)15-13-6-8-17(16-13)12-4-2-1-3-5-12/h1-10H,(H,15,16,18). The summed E-state index contributed by atoms with van der Waals surface area (Å²) in [7, 11) is 0. The van der Waals surface area contributed by atoms with Gasteiger partial charge in [0.1, 0.15) is 6.26 Å². The number of nitrogens with one attached hydrogen (secondary N) is 1. The van der Waals surface area contributed by atoms with Gasteiger partial charge in [0.15, 0.2) is 5.82 Å². The molecule has 2 aromatic heterocycles. The highest BCUT2D eigenvalue weighted by atomic mass is 16.3. The van der Waals surface area contributed by atoms with Gasteiger partial charge in [0, 0.05) is 12.3 Å². The van der Waals surface area contributed by atoms with Gasteiger partial charge in [-0.25, -0.2) is 4.68 Å². The van der Waals surface area contributed by atoms with Crippen molar-refractivity contribution in [2.75, 3.05) is 5.32 Å². The first-order valence-corrected chi connectivity index (χ1v) is 5.77. The van der Waals surface area contributed by atoms with Crippen LogP contribution in [0.5, 0.6) is 0 Å². The van der Waals surface area contributed by atoms with Gasteiger partial charge >= 0.3 is 0 Å². The molecule has 94 valence electrons. The highest BCUT2D eigenvalue weighted by molar-refractivity contribution is 6.03. The van der Waals surface area contributed by atoms with Gasteiger partial charge in [-0.2, -0.15) is 5.10 Å². The van der Waals surface area contributed by atoms with Crippen molar-refractivity contribution in [1.29, 1.82) is 0 Å². The van der Waals surface area contributed by atoms with E-state index < -0.39 is 0 Å². The van der Waals surface area contributed by atoms with E-state index in [4.69, 9.17) is 4.42 Å². The van der Waals surface area contributed by atoms with Crippen molar-refractivity contribution < 1.29 is 9.21 Å². The van der Waals surface area contributed by atoms with E-state index >= 15 is 0 Å². The van der Waals surface area contributed by atoms with E-state index in [0.29, 0.717) is 11.4 Å². The van der Waals surface area contributed by atoms with Crippen LogP contribution in [-0.4, -0.2) is 15.7 Å². The maximum atomic E-state index is 11.8. The van der Waals surface area contributed by atoms with Gasteiger partial charge in [0.05, 0.1) is 17.5 Å². The third kappa shape index (κ3) is 2.40. The second kappa shape index (κ2) is 4.81.